The third-order valence-electron chi connectivity index (χ3n) is 5.24. The van der Waals surface area contributed by atoms with Crippen LogP contribution in [0.15, 0.2) is 89.8 Å². The van der Waals surface area contributed by atoms with Crippen LogP contribution in [0.1, 0.15) is 37.6 Å². The standard InChI is InChI=1S/C27H32N2O2/c1-5-12-25(30-21(3)6-2)13-8-9-14-26-22(4)31-27(28-26)23-15-17-24(18-16-23)29-19-10-7-11-20-29/h5-6,8-9,12-13,15-18H,2-3,7,10-11,14,19-20H2,1,4H3/b9-8+,12-5-,25-13+. The van der Waals surface area contributed by atoms with Gasteiger partial charge in [-0.1, -0.05) is 31.4 Å². The second kappa shape index (κ2) is 11.2. The smallest absolute Gasteiger partial charge is 0.226 e. The fourth-order valence-electron chi connectivity index (χ4n) is 3.53. The maximum atomic E-state index is 5.94. The van der Waals surface area contributed by atoms with Crippen molar-refractivity contribution in [1.82, 2.24) is 4.98 Å². The van der Waals surface area contributed by atoms with Crippen molar-refractivity contribution in [2.75, 3.05) is 18.0 Å². The Morgan fingerprint density at radius 2 is 1.94 bits per heavy atom. The molecule has 0 bridgehead atoms. The molecule has 31 heavy (non-hydrogen) atoms. The molecule has 0 N–H and O–H groups in total. The van der Waals surface area contributed by atoms with E-state index in [1.54, 1.807) is 6.08 Å². The van der Waals surface area contributed by atoms with E-state index in [-0.39, 0.29) is 0 Å². The van der Waals surface area contributed by atoms with Crippen LogP contribution in [0.3, 0.4) is 0 Å². The van der Waals surface area contributed by atoms with Crippen molar-refractivity contribution in [2.24, 2.45) is 0 Å². The quantitative estimate of drug-likeness (QED) is 0.329. The minimum atomic E-state index is 0.515. The monoisotopic (exact) mass is 416 g/mol. The first-order valence-electron chi connectivity index (χ1n) is 10.9. The van der Waals surface area contributed by atoms with Crippen LogP contribution in [0.5, 0.6) is 0 Å². The molecule has 1 aliphatic rings. The molecule has 0 atom stereocenters. The highest BCUT2D eigenvalue weighted by molar-refractivity contribution is 5.60. The molecule has 4 nitrogen and oxygen atoms in total. The normalized spacial score (nSPS) is 15.0. The van der Waals surface area contributed by atoms with Crippen LogP contribution in [0.25, 0.3) is 11.5 Å². The summed E-state index contributed by atoms with van der Waals surface area (Å²) in [6.07, 6.45) is 15.8. The van der Waals surface area contributed by atoms with Gasteiger partial charge < -0.3 is 14.1 Å². The summed E-state index contributed by atoms with van der Waals surface area (Å²) in [5.74, 6) is 2.73. The summed E-state index contributed by atoms with van der Waals surface area (Å²) in [6, 6.07) is 8.55. The third-order valence-corrected chi connectivity index (χ3v) is 5.24. The molecule has 0 amide bonds. The van der Waals surface area contributed by atoms with Crippen molar-refractivity contribution < 1.29 is 9.15 Å². The molecule has 1 saturated heterocycles. The summed E-state index contributed by atoms with van der Waals surface area (Å²) in [5, 5.41) is 0. The highest BCUT2D eigenvalue weighted by atomic mass is 16.5. The number of oxazole rings is 1. The lowest BCUT2D eigenvalue weighted by molar-refractivity contribution is 0.338. The van der Waals surface area contributed by atoms with Gasteiger partial charge in [0.05, 0.1) is 5.69 Å². The van der Waals surface area contributed by atoms with Crippen LogP contribution >= 0.6 is 0 Å². The van der Waals surface area contributed by atoms with Gasteiger partial charge in [-0.25, -0.2) is 4.98 Å². The Labute approximate surface area is 185 Å². The van der Waals surface area contributed by atoms with E-state index in [9.17, 15) is 0 Å². The number of aryl methyl sites for hydroxylation is 1. The molecule has 1 aromatic heterocycles. The van der Waals surface area contributed by atoms with E-state index in [0.717, 1.165) is 30.1 Å². The number of ether oxygens (including phenoxy) is 1. The van der Waals surface area contributed by atoms with Gasteiger partial charge in [0, 0.05) is 30.8 Å². The SMILES string of the molecule is C=CC(=C)OC(/C=C\C)=C/C=C/Cc1nc(-c2ccc(N3CCCCC3)cc2)oc1C. The highest BCUT2D eigenvalue weighted by Gasteiger charge is 2.13. The van der Waals surface area contributed by atoms with Crippen LogP contribution in [0.4, 0.5) is 5.69 Å². The van der Waals surface area contributed by atoms with Gasteiger partial charge in [0.2, 0.25) is 5.89 Å². The van der Waals surface area contributed by atoms with Crippen molar-refractivity contribution in [3.05, 3.63) is 96.9 Å². The predicted octanol–water partition coefficient (Wildman–Crippen LogP) is 6.92. The lowest BCUT2D eigenvalue weighted by Gasteiger charge is -2.28. The maximum Gasteiger partial charge on any atom is 0.226 e. The van der Waals surface area contributed by atoms with Gasteiger partial charge in [-0.05, 0) is 75.6 Å². The first-order chi connectivity index (χ1) is 15.1. The molecule has 2 aromatic rings. The number of piperidine rings is 1. The molecule has 4 heteroatoms. The number of allylic oxidation sites excluding steroid dienone is 6. The molecule has 0 radical (unpaired) electrons. The minimum Gasteiger partial charge on any atom is -0.458 e. The summed E-state index contributed by atoms with van der Waals surface area (Å²) < 4.78 is 11.5. The molecule has 0 spiro atoms. The largest absolute Gasteiger partial charge is 0.458 e. The molecule has 2 heterocycles. The predicted molar refractivity (Wildman–Crippen MR) is 129 cm³/mol. The average Bonchev–Trinajstić information content (AvgIpc) is 3.17. The number of nitrogens with zero attached hydrogens (tertiary/aromatic N) is 2. The zero-order chi connectivity index (χ0) is 22.1. The minimum absolute atomic E-state index is 0.515. The first kappa shape index (κ1) is 22.4. The van der Waals surface area contributed by atoms with Gasteiger partial charge in [-0.15, -0.1) is 0 Å². The zero-order valence-electron chi connectivity index (χ0n) is 18.6. The highest BCUT2D eigenvalue weighted by Crippen LogP contribution is 2.26. The summed E-state index contributed by atoms with van der Waals surface area (Å²) in [7, 11) is 0. The van der Waals surface area contributed by atoms with E-state index in [0.29, 0.717) is 23.8 Å². The van der Waals surface area contributed by atoms with Gasteiger partial charge in [-0.2, -0.15) is 0 Å². The van der Waals surface area contributed by atoms with E-state index >= 15 is 0 Å². The third kappa shape index (κ3) is 6.35. The Hall–Kier alpha value is -3.27. The molecule has 162 valence electrons. The lowest BCUT2D eigenvalue weighted by Crippen LogP contribution is -2.29. The molecule has 1 aromatic carbocycles. The molecule has 0 unspecified atom stereocenters. The van der Waals surface area contributed by atoms with Gasteiger partial charge in [0.15, 0.2) is 0 Å². The first-order valence-corrected chi connectivity index (χ1v) is 10.9. The van der Waals surface area contributed by atoms with Crippen LogP contribution in [-0.2, 0) is 11.2 Å². The number of anilines is 1. The number of benzene rings is 1. The van der Waals surface area contributed by atoms with E-state index in [1.165, 1.54) is 24.9 Å². The fraction of sp³-hybridized carbons (Fsp3) is 0.296. The molecular weight excluding hydrogens is 384 g/mol. The molecular formula is C27H32N2O2. The van der Waals surface area contributed by atoms with Crippen LogP contribution in [0, 0.1) is 6.92 Å². The van der Waals surface area contributed by atoms with Crippen molar-refractivity contribution >= 4 is 5.69 Å². The molecule has 0 saturated carbocycles. The Bertz CT molecular complexity index is 971. The molecule has 0 aliphatic carbocycles. The van der Waals surface area contributed by atoms with Crippen molar-refractivity contribution in [1.29, 1.82) is 0 Å². The summed E-state index contributed by atoms with van der Waals surface area (Å²) in [5.41, 5.74) is 3.22. The number of rotatable bonds is 9. The molecule has 3 rings (SSSR count). The van der Waals surface area contributed by atoms with Gasteiger partial charge in [-0.3, -0.25) is 0 Å². The summed E-state index contributed by atoms with van der Waals surface area (Å²) in [6.45, 7) is 13.6. The van der Waals surface area contributed by atoms with Crippen LogP contribution in [0.2, 0.25) is 0 Å². The lowest BCUT2D eigenvalue weighted by atomic mass is 10.1. The Morgan fingerprint density at radius 1 is 1.19 bits per heavy atom. The second-order valence-electron chi connectivity index (χ2n) is 7.59. The zero-order valence-corrected chi connectivity index (χ0v) is 18.6. The Morgan fingerprint density at radius 3 is 2.61 bits per heavy atom. The second-order valence-corrected chi connectivity index (χ2v) is 7.59. The van der Waals surface area contributed by atoms with Gasteiger partial charge in [0.25, 0.3) is 0 Å². The van der Waals surface area contributed by atoms with E-state index in [1.807, 2.05) is 44.2 Å². The Kier molecular flexibility index (Phi) is 8.11. The van der Waals surface area contributed by atoms with E-state index in [2.05, 4.69) is 42.3 Å². The van der Waals surface area contributed by atoms with Gasteiger partial charge in [0.1, 0.15) is 17.3 Å². The van der Waals surface area contributed by atoms with Crippen LogP contribution < -0.4 is 4.90 Å². The topological polar surface area (TPSA) is 38.5 Å². The van der Waals surface area contributed by atoms with Crippen molar-refractivity contribution in [3.63, 3.8) is 0 Å². The van der Waals surface area contributed by atoms with Crippen molar-refractivity contribution in [3.8, 4) is 11.5 Å². The molecule has 1 fully saturated rings. The van der Waals surface area contributed by atoms with Crippen LogP contribution in [-0.4, -0.2) is 18.1 Å². The van der Waals surface area contributed by atoms with E-state index < -0.39 is 0 Å². The van der Waals surface area contributed by atoms with E-state index in [4.69, 9.17) is 14.1 Å². The van der Waals surface area contributed by atoms with Gasteiger partial charge >= 0.3 is 0 Å². The van der Waals surface area contributed by atoms with Crippen molar-refractivity contribution in [2.45, 2.75) is 39.5 Å². The average molecular weight is 417 g/mol. The number of aromatic nitrogens is 1. The molecule has 1 aliphatic heterocycles. The fourth-order valence-corrected chi connectivity index (χ4v) is 3.53. The Balaban J connectivity index is 1.65. The maximum absolute atomic E-state index is 5.94. The number of hydrogen-bond acceptors (Lipinski definition) is 4. The number of hydrogen-bond donors (Lipinski definition) is 0. The summed E-state index contributed by atoms with van der Waals surface area (Å²) >= 11 is 0. The summed E-state index contributed by atoms with van der Waals surface area (Å²) in [4.78, 5) is 7.16.